The van der Waals surface area contributed by atoms with Gasteiger partial charge in [0.05, 0.1) is 16.7 Å². The first-order valence-corrected chi connectivity index (χ1v) is 16.1. The lowest BCUT2D eigenvalue weighted by atomic mass is 10.2. The molecule has 0 saturated heterocycles. The first-order chi connectivity index (χ1) is 19.7. The van der Waals surface area contributed by atoms with Gasteiger partial charge in [0.1, 0.15) is 11.3 Å². The van der Waals surface area contributed by atoms with Crippen LogP contribution in [-0.2, 0) is 16.6 Å². The molecule has 42 heavy (non-hydrogen) atoms. The number of nitrogens with zero attached hydrogens (tertiary/aromatic N) is 4. The van der Waals surface area contributed by atoms with Crippen molar-refractivity contribution in [1.29, 1.82) is 0 Å². The van der Waals surface area contributed by atoms with Crippen LogP contribution in [-0.4, -0.2) is 68.3 Å². The summed E-state index contributed by atoms with van der Waals surface area (Å²) in [6.07, 6.45) is 0. The molecule has 3 aromatic carbocycles. The maximum atomic E-state index is 13.9. The molecule has 8 nitrogen and oxygen atoms in total. The SMILES string of the molecule is CCN(CC)CCN(C(=O)c1ccc(S(=O)(=O)N(CC)Cc2ccccc2)cc1)c1nc2c(OC)ccc(C)c2s1.Cl. The monoisotopic (exact) mass is 630 g/mol. The van der Waals surface area contributed by atoms with Crippen LogP contribution in [0, 0.1) is 6.92 Å². The molecule has 11 heteroatoms. The summed E-state index contributed by atoms with van der Waals surface area (Å²) >= 11 is 1.46. The Morgan fingerprint density at radius 1 is 0.905 bits per heavy atom. The molecule has 0 unspecified atom stereocenters. The summed E-state index contributed by atoms with van der Waals surface area (Å²) in [6, 6.07) is 19.6. The minimum atomic E-state index is -3.74. The Hall–Kier alpha value is -3.02. The summed E-state index contributed by atoms with van der Waals surface area (Å²) in [6.45, 7) is 11.5. The van der Waals surface area contributed by atoms with Crippen LogP contribution in [0.4, 0.5) is 5.13 Å². The molecular formula is C31H39ClN4O4S2. The number of likely N-dealkylation sites (N-methyl/N-ethyl adjacent to an activating group) is 1. The fraction of sp³-hybridized carbons (Fsp3) is 0.355. The molecule has 1 heterocycles. The predicted octanol–water partition coefficient (Wildman–Crippen LogP) is 6.23. The summed E-state index contributed by atoms with van der Waals surface area (Å²) < 4.78 is 34.8. The van der Waals surface area contributed by atoms with E-state index in [9.17, 15) is 13.2 Å². The van der Waals surface area contributed by atoms with Crippen LogP contribution in [0.2, 0.25) is 0 Å². The number of methoxy groups -OCH3 is 1. The van der Waals surface area contributed by atoms with Crippen molar-refractivity contribution in [2.24, 2.45) is 0 Å². The first-order valence-electron chi connectivity index (χ1n) is 13.9. The maximum absolute atomic E-state index is 13.9. The molecular weight excluding hydrogens is 592 g/mol. The highest BCUT2D eigenvalue weighted by molar-refractivity contribution is 7.89. The van der Waals surface area contributed by atoms with E-state index in [4.69, 9.17) is 9.72 Å². The van der Waals surface area contributed by atoms with Crippen LogP contribution < -0.4 is 9.64 Å². The Morgan fingerprint density at radius 2 is 1.57 bits per heavy atom. The van der Waals surface area contributed by atoms with E-state index in [2.05, 4.69) is 18.7 Å². The van der Waals surface area contributed by atoms with Gasteiger partial charge in [-0.3, -0.25) is 9.69 Å². The number of amides is 1. The maximum Gasteiger partial charge on any atom is 0.260 e. The van der Waals surface area contributed by atoms with Crippen LogP contribution in [0.25, 0.3) is 10.2 Å². The van der Waals surface area contributed by atoms with E-state index in [0.717, 1.165) is 34.4 Å². The van der Waals surface area contributed by atoms with E-state index >= 15 is 0 Å². The summed E-state index contributed by atoms with van der Waals surface area (Å²) in [5.41, 5.74) is 3.10. The molecule has 1 amide bonds. The Morgan fingerprint density at radius 3 is 2.17 bits per heavy atom. The molecule has 0 aliphatic heterocycles. The number of halogens is 1. The molecule has 226 valence electrons. The normalized spacial score (nSPS) is 11.6. The van der Waals surface area contributed by atoms with Crippen molar-refractivity contribution in [3.63, 3.8) is 0 Å². The number of hydrogen-bond acceptors (Lipinski definition) is 7. The average molecular weight is 631 g/mol. The van der Waals surface area contributed by atoms with Crippen molar-refractivity contribution in [3.8, 4) is 5.75 Å². The summed E-state index contributed by atoms with van der Waals surface area (Å²) in [4.78, 5) is 22.9. The molecule has 0 bridgehead atoms. The highest BCUT2D eigenvalue weighted by atomic mass is 35.5. The van der Waals surface area contributed by atoms with Gasteiger partial charge in [0, 0.05) is 31.7 Å². The lowest BCUT2D eigenvalue weighted by Gasteiger charge is -2.25. The van der Waals surface area contributed by atoms with E-state index in [0.29, 0.717) is 36.1 Å². The highest BCUT2D eigenvalue weighted by Crippen LogP contribution is 2.37. The van der Waals surface area contributed by atoms with E-state index in [1.165, 1.54) is 27.8 Å². The van der Waals surface area contributed by atoms with Gasteiger partial charge in [-0.05, 0) is 61.5 Å². The molecule has 0 spiro atoms. The van der Waals surface area contributed by atoms with Gasteiger partial charge < -0.3 is 9.64 Å². The standard InChI is InChI=1S/C31H38N4O4S2.ClH/c1-6-33(7-2)20-21-35(31-32-28-27(39-5)19-14-23(4)29(28)40-31)30(36)25-15-17-26(18-16-25)41(37,38)34(8-3)22-24-12-10-9-11-13-24;/h9-19H,6-8,20-22H2,1-5H3;1H. The lowest BCUT2D eigenvalue weighted by molar-refractivity contribution is 0.0983. The van der Waals surface area contributed by atoms with Crippen LogP contribution in [0.3, 0.4) is 0 Å². The summed E-state index contributed by atoms with van der Waals surface area (Å²) in [7, 11) is -2.13. The topological polar surface area (TPSA) is 83.1 Å². The number of anilines is 1. The van der Waals surface area contributed by atoms with Gasteiger partial charge in [-0.1, -0.05) is 68.5 Å². The van der Waals surface area contributed by atoms with Crippen molar-refractivity contribution in [2.75, 3.05) is 44.7 Å². The fourth-order valence-electron chi connectivity index (χ4n) is 4.67. The number of carbonyl (C=O) groups excluding carboxylic acids is 1. The molecule has 0 atom stereocenters. The minimum absolute atomic E-state index is 0. The molecule has 0 aliphatic rings. The quantitative estimate of drug-likeness (QED) is 0.174. The molecule has 0 N–H and O–H groups in total. The van der Waals surface area contributed by atoms with Gasteiger partial charge in [0.25, 0.3) is 5.91 Å². The largest absolute Gasteiger partial charge is 0.494 e. The van der Waals surface area contributed by atoms with E-state index in [-0.39, 0.29) is 29.8 Å². The summed E-state index contributed by atoms with van der Waals surface area (Å²) in [5.74, 6) is 0.434. The highest BCUT2D eigenvalue weighted by Gasteiger charge is 2.26. The first kappa shape index (κ1) is 33.5. The van der Waals surface area contributed by atoms with Gasteiger partial charge in [0.2, 0.25) is 10.0 Å². The van der Waals surface area contributed by atoms with Crippen molar-refractivity contribution < 1.29 is 17.9 Å². The third-order valence-electron chi connectivity index (χ3n) is 7.22. The Bertz CT molecular complexity index is 1570. The van der Waals surface area contributed by atoms with E-state index in [1.54, 1.807) is 24.1 Å². The smallest absolute Gasteiger partial charge is 0.260 e. The van der Waals surface area contributed by atoms with Gasteiger partial charge in [0.15, 0.2) is 5.13 Å². The third-order valence-corrected chi connectivity index (χ3v) is 10.4. The molecule has 1 aromatic heterocycles. The number of carbonyl (C=O) groups is 1. The number of aromatic nitrogens is 1. The molecule has 0 aliphatic carbocycles. The Labute approximate surface area is 259 Å². The number of sulfonamides is 1. The zero-order valence-corrected chi connectivity index (χ0v) is 27.2. The van der Waals surface area contributed by atoms with Crippen molar-refractivity contribution in [1.82, 2.24) is 14.2 Å². The van der Waals surface area contributed by atoms with Gasteiger partial charge in [-0.2, -0.15) is 4.31 Å². The zero-order chi connectivity index (χ0) is 29.6. The third kappa shape index (κ3) is 7.30. The second-order valence-electron chi connectivity index (χ2n) is 9.68. The minimum Gasteiger partial charge on any atom is -0.494 e. The van der Waals surface area contributed by atoms with E-state index < -0.39 is 10.0 Å². The molecule has 0 radical (unpaired) electrons. The van der Waals surface area contributed by atoms with Crippen LogP contribution in [0.5, 0.6) is 5.75 Å². The Kier molecular flexibility index (Phi) is 11.9. The van der Waals surface area contributed by atoms with Crippen molar-refractivity contribution >= 4 is 55.0 Å². The van der Waals surface area contributed by atoms with Crippen LogP contribution in [0.15, 0.2) is 71.6 Å². The second-order valence-corrected chi connectivity index (χ2v) is 12.6. The number of benzene rings is 3. The van der Waals surface area contributed by atoms with Crippen molar-refractivity contribution in [3.05, 3.63) is 83.4 Å². The number of aryl methyl sites for hydroxylation is 1. The lowest BCUT2D eigenvalue weighted by Crippen LogP contribution is -2.39. The number of rotatable bonds is 13. The second kappa shape index (κ2) is 14.9. The molecule has 0 fully saturated rings. The average Bonchev–Trinajstić information content (AvgIpc) is 3.45. The number of thiazole rings is 1. The fourth-order valence-corrected chi connectivity index (χ4v) is 7.19. The molecule has 4 aromatic rings. The number of ether oxygens (including phenoxy) is 1. The van der Waals surface area contributed by atoms with Gasteiger partial charge >= 0.3 is 0 Å². The van der Waals surface area contributed by atoms with Gasteiger partial charge in [-0.15, -0.1) is 12.4 Å². The van der Waals surface area contributed by atoms with Crippen LogP contribution >= 0.6 is 23.7 Å². The molecule has 0 saturated carbocycles. The molecule has 4 rings (SSSR count). The van der Waals surface area contributed by atoms with Crippen molar-refractivity contribution in [2.45, 2.75) is 39.1 Å². The Balaban J connectivity index is 0.00000484. The number of hydrogen-bond donors (Lipinski definition) is 0. The van der Waals surface area contributed by atoms with Crippen LogP contribution in [0.1, 0.15) is 42.3 Å². The zero-order valence-electron chi connectivity index (χ0n) is 24.7. The predicted molar refractivity (Wildman–Crippen MR) is 174 cm³/mol. The van der Waals surface area contributed by atoms with E-state index in [1.807, 2.05) is 56.3 Å². The summed E-state index contributed by atoms with van der Waals surface area (Å²) in [5, 5.41) is 0.585. The van der Waals surface area contributed by atoms with Gasteiger partial charge in [-0.25, -0.2) is 13.4 Å². The number of fused-ring (bicyclic) bond motifs is 1.